The first-order chi connectivity index (χ1) is 10.9. The van der Waals surface area contributed by atoms with Gasteiger partial charge in [-0.25, -0.2) is 17.2 Å². The van der Waals surface area contributed by atoms with Crippen LogP contribution in [0.1, 0.15) is 5.56 Å². The van der Waals surface area contributed by atoms with Crippen LogP contribution in [-0.2, 0) is 16.5 Å². The quantitative estimate of drug-likeness (QED) is 0.593. The van der Waals surface area contributed by atoms with Gasteiger partial charge in [-0.15, -0.1) is 0 Å². The Hall–Kier alpha value is -1.81. The molecule has 0 radical (unpaired) electrons. The number of halogens is 6. The van der Waals surface area contributed by atoms with Gasteiger partial charge in [0.25, 0.3) is 0 Å². The van der Waals surface area contributed by atoms with Crippen molar-refractivity contribution in [1.29, 1.82) is 0 Å². The molecule has 0 heterocycles. The molecule has 0 fully saturated rings. The molecule has 24 heavy (non-hydrogen) atoms. The highest BCUT2D eigenvalue weighted by molar-refractivity contribution is 7.85. The van der Waals surface area contributed by atoms with Crippen LogP contribution in [0.3, 0.4) is 0 Å². The van der Waals surface area contributed by atoms with E-state index in [0.717, 1.165) is 30.3 Å². The summed E-state index contributed by atoms with van der Waals surface area (Å²) in [4.78, 5) is -0.628. The highest BCUT2D eigenvalue weighted by atomic mass is 32.2. The number of fused-ring (bicyclic) bond motifs is 1. The zero-order valence-corrected chi connectivity index (χ0v) is 12.5. The Balaban J connectivity index is 2.51. The molecule has 10 heteroatoms. The summed E-state index contributed by atoms with van der Waals surface area (Å²) in [6.45, 7) is 0. The summed E-state index contributed by atoms with van der Waals surface area (Å²) in [5.41, 5.74) is -0.382. The summed E-state index contributed by atoms with van der Waals surface area (Å²) in [5.74, 6) is -10.5. The fourth-order valence-electron chi connectivity index (χ4n) is 2.16. The van der Waals surface area contributed by atoms with Crippen molar-refractivity contribution in [2.75, 3.05) is 0 Å². The maximum absolute atomic E-state index is 13.6. The van der Waals surface area contributed by atoms with Gasteiger partial charge in [0.05, 0.1) is 4.90 Å². The van der Waals surface area contributed by atoms with E-state index < -0.39 is 39.7 Å². The number of hydrogen-bond donors (Lipinski definition) is 0. The van der Waals surface area contributed by atoms with Crippen molar-refractivity contribution < 1.29 is 39.3 Å². The van der Waals surface area contributed by atoms with Crippen molar-refractivity contribution in [3.05, 3.63) is 42.0 Å². The lowest BCUT2D eigenvalue weighted by atomic mass is 9.97. The average molecular weight is 371 g/mol. The van der Waals surface area contributed by atoms with Gasteiger partial charge in [0.1, 0.15) is 10.1 Å². The molecule has 2 aromatic rings. The van der Waals surface area contributed by atoms with Gasteiger partial charge in [0.15, 0.2) is 0 Å². The van der Waals surface area contributed by atoms with Crippen LogP contribution in [0.4, 0.5) is 26.3 Å². The maximum atomic E-state index is 13.6. The summed E-state index contributed by atoms with van der Waals surface area (Å²) in [6.07, 6.45) is -6.22. The van der Waals surface area contributed by atoms with Gasteiger partial charge in [-0.3, -0.25) is 0 Å². The van der Waals surface area contributed by atoms with E-state index in [1.807, 2.05) is 0 Å². The number of rotatable bonds is 5. The molecule has 3 nitrogen and oxygen atoms in total. The van der Waals surface area contributed by atoms with Crippen molar-refractivity contribution in [2.24, 2.45) is 0 Å². The zero-order valence-electron chi connectivity index (χ0n) is 11.6. The van der Waals surface area contributed by atoms with Crippen molar-refractivity contribution in [1.82, 2.24) is 0 Å². The SMILES string of the molecule is O=S(=O)([O-])c1ccc2c(CC(F)(F)C(F)(F)C(F)F)cccc2c1. The van der Waals surface area contributed by atoms with Crippen LogP contribution in [-0.4, -0.2) is 31.2 Å². The summed E-state index contributed by atoms with van der Waals surface area (Å²) in [5, 5.41) is -0.0183. The molecule has 0 saturated carbocycles. The number of alkyl halides is 6. The molecular formula is C14H9F6O3S-. The second-order valence-electron chi connectivity index (χ2n) is 5.06. The molecule has 2 rings (SSSR count). The summed E-state index contributed by atoms with van der Waals surface area (Å²) < 4.78 is 110. The van der Waals surface area contributed by atoms with Crippen molar-refractivity contribution >= 4 is 20.9 Å². The first kappa shape index (κ1) is 18.5. The molecular weight excluding hydrogens is 362 g/mol. The van der Waals surface area contributed by atoms with Crippen molar-refractivity contribution in [3.63, 3.8) is 0 Å². The van der Waals surface area contributed by atoms with E-state index in [2.05, 4.69) is 0 Å². The maximum Gasteiger partial charge on any atom is 0.369 e. The lowest BCUT2D eigenvalue weighted by molar-refractivity contribution is -0.262. The molecule has 0 unspecified atom stereocenters. The third-order valence-electron chi connectivity index (χ3n) is 3.41. The normalized spacial score (nSPS) is 13.7. The van der Waals surface area contributed by atoms with E-state index in [9.17, 15) is 39.3 Å². The smallest absolute Gasteiger partial charge is 0.369 e. The largest absolute Gasteiger partial charge is 0.744 e. The van der Waals surface area contributed by atoms with Crippen LogP contribution in [0.5, 0.6) is 0 Å². The Morgan fingerprint density at radius 1 is 1.04 bits per heavy atom. The molecule has 0 atom stereocenters. The summed E-state index contributed by atoms with van der Waals surface area (Å²) in [6, 6.07) is 6.18. The second-order valence-corrected chi connectivity index (χ2v) is 6.44. The van der Waals surface area contributed by atoms with Gasteiger partial charge < -0.3 is 4.55 Å². The number of benzene rings is 2. The number of hydrogen-bond acceptors (Lipinski definition) is 3. The molecule has 0 aromatic heterocycles. The molecule has 2 aromatic carbocycles. The predicted molar refractivity (Wildman–Crippen MR) is 71.5 cm³/mol. The molecule has 0 aliphatic heterocycles. The van der Waals surface area contributed by atoms with Crippen LogP contribution < -0.4 is 0 Å². The second kappa shape index (κ2) is 5.92. The standard InChI is InChI=1S/C14H10F6O3S/c15-12(16)14(19,20)13(17,18)7-9-3-1-2-8-6-10(24(21,22)23)4-5-11(8)9/h1-6,12H,7H2,(H,21,22,23)/p-1. The van der Waals surface area contributed by atoms with Crippen molar-refractivity contribution in [2.45, 2.75) is 29.6 Å². The van der Waals surface area contributed by atoms with E-state index >= 15 is 0 Å². The molecule has 0 spiro atoms. The Morgan fingerprint density at radius 2 is 1.67 bits per heavy atom. The lowest BCUT2D eigenvalue weighted by Crippen LogP contribution is -2.47. The van der Waals surface area contributed by atoms with Gasteiger partial charge in [-0.1, -0.05) is 24.3 Å². The Labute approximate surface area is 132 Å². The average Bonchev–Trinajstić information content (AvgIpc) is 2.45. The minimum absolute atomic E-state index is 0.0283. The molecule has 132 valence electrons. The van der Waals surface area contributed by atoms with Crippen LogP contribution in [0.15, 0.2) is 41.3 Å². The zero-order chi connectivity index (χ0) is 18.3. The minimum atomic E-state index is -5.52. The highest BCUT2D eigenvalue weighted by Gasteiger charge is 2.62. The van der Waals surface area contributed by atoms with Gasteiger partial charge in [-0.05, 0) is 28.5 Å². The van der Waals surface area contributed by atoms with E-state index in [1.165, 1.54) is 6.07 Å². The summed E-state index contributed by atoms with van der Waals surface area (Å²) >= 11 is 0. The lowest BCUT2D eigenvalue weighted by Gasteiger charge is -2.26. The molecule has 0 saturated heterocycles. The van der Waals surface area contributed by atoms with E-state index in [4.69, 9.17) is 0 Å². The molecule has 0 aliphatic rings. The van der Waals surface area contributed by atoms with Crippen LogP contribution >= 0.6 is 0 Å². The Kier molecular flexibility index (Phi) is 4.57. The first-order valence-electron chi connectivity index (χ1n) is 6.37. The third-order valence-corrected chi connectivity index (χ3v) is 4.24. The van der Waals surface area contributed by atoms with Crippen LogP contribution in [0.25, 0.3) is 10.8 Å². The fraction of sp³-hybridized carbons (Fsp3) is 0.286. The molecule has 0 amide bonds. The highest BCUT2D eigenvalue weighted by Crippen LogP contribution is 2.42. The fourth-order valence-corrected chi connectivity index (χ4v) is 2.66. The van der Waals surface area contributed by atoms with E-state index in [0.29, 0.717) is 0 Å². The van der Waals surface area contributed by atoms with E-state index in [-0.39, 0.29) is 16.3 Å². The third kappa shape index (κ3) is 3.34. The first-order valence-corrected chi connectivity index (χ1v) is 7.78. The molecule has 0 N–H and O–H groups in total. The topological polar surface area (TPSA) is 57.2 Å². The Bertz CT molecular complexity index is 864. The van der Waals surface area contributed by atoms with Gasteiger partial charge in [-0.2, -0.15) is 17.6 Å². The van der Waals surface area contributed by atoms with Gasteiger partial charge in [0.2, 0.25) is 0 Å². The predicted octanol–water partition coefficient (Wildman–Crippen LogP) is 3.82. The van der Waals surface area contributed by atoms with Gasteiger partial charge in [0, 0.05) is 6.42 Å². The Morgan fingerprint density at radius 3 is 2.21 bits per heavy atom. The monoisotopic (exact) mass is 371 g/mol. The van der Waals surface area contributed by atoms with Crippen LogP contribution in [0, 0.1) is 0 Å². The van der Waals surface area contributed by atoms with Gasteiger partial charge >= 0.3 is 18.3 Å². The molecule has 0 bridgehead atoms. The van der Waals surface area contributed by atoms with Crippen molar-refractivity contribution in [3.8, 4) is 0 Å². The minimum Gasteiger partial charge on any atom is -0.744 e. The summed E-state index contributed by atoms with van der Waals surface area (Å²) in [7, 11) is -4.79. The van der Waals surface area contributed by atoms with E-state index in [1.54, 1.807) is 0 Å². The van der Waals surface area contributed by atoms with Crippen LogP contribution in [0.2, 0.25) is 0 Å². The molecule has 0 aliphatic carbocycles.